The van der Waals surface area contributed by atoms with Crippen molar-refractivity contribution in [2.45, 2.75) is 12.8 Å². The first-order valence-electron chi connectivity index (χ1n) is 7.63. The van der Waals surface area contributed by atoms with E-state index >= 15 is 0 Å². The van der Waals surface area contributed by atoms with E-state index < -0.39 is 28.9 Å². The summed E-state index contributed by atoms with van der Waals surface area (Å²) in [5.41, 5.74) is 0.426. The van der Waals surface area contributed by atoms with Crippen molar-refractivity contribution in [1.29, 1.82) is 0 Å². The average molecular weight is 351 g/mol. The summed E-state index contributed by atoms with van der Waals surface area (Å²) in [6.45, 7) is 0.267. The Morgan fingerprint density at radius 3 is 2.48 bits per heavy atom. The number of methoxy groups -OCH3 is 2. The Labute approximate surface area is 144 Å². The molecule has 0 aliphatic rings. The number of phenols is 1. The number of ether oxygens (including phenoxy) is 2. The Kier molecular flexibility index (Phi) is 6.16. The molecule has 0 bridgehead atoms. The molecule has 0 saturated carbocycles. The molecule has 0 heterocycles. The molecule has 0 saturated heterocycles. The van der Waals surface area contributed by atoms with Crippen LogP contribution in [0.5, 0.6) is 17.2 Å². The van der Waals surface area contributed by atoms with Gasteiger partial charge < -0.3 is 19.9 Å². The quantitative estimate of drug-likeness (QED) is 0.753. The Balaban J connectivity index is 1.90. The number of aromatic hydroxyl groups is 1. The molecule has 2 N–H and O–H groups in total. The smallest absolute Gasteiger partial charge is 0.258 e. The maximum absolute atomic E-state index is 13.6. The fourth-order valence-electron chi connectivity index (χ4n) is 2.40. The van der Waals surface area contributed by atoms with Gasteiger partial charge in [-0.25, -0.2) is 8.78 Å². The predicted octanol–water partition coefficient (Wildman–Crippen LogP) is 3.05. The van der Waals surface area contributed by atoms with Gasteiger partial charge in [-0.1, -0.05) is 6.07 Å². The molecule has 7 heteroatoms. The lowest BCUT2D eigenvalue weighted by Gasteiger charge is -2.10. The van der Waals surface area contributed by atoms with Crippen LogP contribution in [-0.4, -0.2) is 31.8 Å². The van der Waals surface area contributed by atoms with Gasteiger partial charge in [-0.05, 0) is 30.5 Å². The van der Waals surface area contributed by atoms with Crippen molar-refractivity contribution in [2.75, 3.05) is 20.8 Å². The summed E-state index contributed by atoms with van der Waals surface area (Å²) in [5.74, 6) is -2.32. The van der Waals surface area contributed by atoms with E-state index in [0.29, 0.717) is 36.5 Å². The third-order valence-corrected chi connectivity index (χ3v) is 3.64. The van der Waals surface area contributed by atoms with E-state index in [0.717, 1.165) is 5.56 Å². The van der Waals surface area contributed by atoms with E-state index in [4.69, 9.17) is 9.47 Å². The predicted molar refractivity (Wildman–Crippen MR) is 88.2 cm³/mol. The normalized spacial score (nSPS) is 10.4. The highest BCUT2D eigenvalue weighted by Crippen LogP contribution is 2.28. The van der Waals surface area contributed by atoms with Crippen molar-refractivity contribution >= 4 is 5.91 Å². The average Bonchev–Trinajstić information content (AvgIpc) is 2.57. The van der Waals surface area contributed by atoms with Crippen molar-refractivity contribution in [3.63, 3.8) is 0 Å². The van der Waals surface area contributed by atoms with E-state index in [1.807, 2.05) is 12.1 Å². The molecular formula is C18H19F2NO4. The number of aryl methyl sites for hydroxylation is 1. The highest BCUT2D eigenvalue weighted by Gasteiger charge is 2.18. The summed E-state index contributed by atoms with van der Waals surface area (Å²) in [6.07, 6.45) is 1.24. The molecule has 0 aliphatic heterocycles. The largest absolute Gasteiger partial charge is 0.507 e. The molecule has 0 radical (unpaired) electrons. The van der Waals surface area contributed by atoms with Gasteiger partial charge in [-0.2, -0.15) is 0 Å². The maximum Gasteiger partial charge on any atom is 0.258 e. The summed E-state index contributed by atoms with van der Waals surface area (Å²) in [4.78, 5) is 11.9. The van der Waals surface area contributed by atoms with Crippen molar-refractivity contribution in [1.82, 2.24) is 5.32 Å². The number of amides is 1. The number of benzene rings is 2. The number of nitrogens with one attached hydrogen (secondary N) is 1. The second kappa shape index (κ2) is 8.32. The molecule has 0 spiro atoms. The van der Waals surface area contributed by atoms with Crippen LogP contribution in [0, 0.1) is 11.6 Å². The third kappa shape index (κ3) is 4.59. The van der Waals surface area contributed by atoms with Crippen LogP contribution in [0.15, 0.2) is 30.3 Å². The summed E-state index contributed by atoms with van der Waals surface area (Å²) >= 11 is 0. The first-order valence-corrected chi connectivity index (χ1v) is 7.63. The first kappa shape index (κ1) is 18.5. The second-order valence-corrected chi connectivity index (χ2v) is 5.33. The van der Waals surface area contributed by atoms with Gasteiger partial charge in [0.15, 0.2) is 11.5 Å². The number of rotatable bonds is 7. The van der Waals surface area contributed by atoms with Gasteiger partial charge in [0.05, 0.1) is 14.2 Å². The zero-order chi connectivity index (χ0) is 18.4. The zero-order valence-electron chi connectivity index (χ0n) is 13.9. The molecule has 1 amide bonds. The van der Waals surface area contributed by atoms with Crippen LogP contribution >= 0.6 is 0 Å². The van der Waals surface area contributed by atoms with Crippen molar-refractivity contribution in [3.05, 3.63) is 53.1 Å². The SMILES string of the molecule is COc1ccc(CCCNC(=O)c2c(O)cc(F)cc2F)cc1OC. The molecule has 0 fully saturated rings. The van der Waals surface area contributed by atoms with Crippen LogP contribution in [0.3, 0.4) is 0 Å². The number of hydrogen-bond donors (Lipinski definition) is 2. The Morgan fingerprint density at radius 1 is 1.12 bits per heavy atom. The first-order chi connectivity index (χ1) is 12.0. The standard InChI is InChI=1S/C18H19F2NO4/c1-24-15-6-5-11(8-16(15)25-2)4-3-7-21-18(23)17-13(20)9-12(19)10-14(17)22/h5-6,8-10,22H,3-4,7H2,1-2H3,(H,21,23). The Morgan fingerprint density at radius 2 is 1.84 bits per heavy atom. The maximum atomic E-state index is 13.6. The molecule has 25 heavy (non-hydrogen) atoms. The van der Waals surface area contributed by atoms with Crippen LogP contribution in [0.2, 0.25) is 0 Å². The van der Waals surface area contributed by atoms with E-state index in [9.17, 15) is 18.7 Å². The van der Waals surface area contributed by atoms with Gasteiger partial charge in [0.2, 0.25) is 0 Å². The fraction of sp³-hybridized carbons (Fsp3) is 0.278. The lowest BCUT2D eigenvalue weighted by molar-refractivity contribution is 0.0946. The van der Waals surface area contributed by atoms with E-state index in [1.54, 1.807) is 20.3 Å². The van der Waals surface area contributed by atoms with Crippen LogP contribution < -0.4 is 14.8 Å². The van der Waals surface area contributed by atoms with Crippen LogP contribution in [0.25, 0.3) is 0 Å². The number of halogens is 2. The molecule has 0 aromatic heterocycles. The van der Waals surface area contributed by atoms with Crippen LogP contribution in [0.1, 0.15) is 22.3 Å². The highest BCUT2D eigenvalue weighted by molar-refractivity contribution is 5.97. The van der Waals surface area contributed by atoms with Gasteiger partial charge in [0.25, 0.3) is 5.91 Å². The molecule has 2 aromatic rings. The molecule has 5 nitrogen and oxygen atoms in total. The monoisotopic (exact) mass is 351 g/mol. The minimum Gasteiger partial charge on any atom is -0.507 e. The van der Waals surface area contributed by atoms with E-state index in [1.165, 1.54) is 0 Å². The number of carbonyl (C=O) groups excluding carboxylic acids is 1. The Bertz CT molecular complexity index is 742. The summed E-state index contributed by atoms with van der Waals surface area (Å²) in [7, 11) is 3.10. The van der Waals surface area contributed by atoms with Gasteiger partial charge in [-0.3, -0.25) is 4.79 Å². The van der Waals surface area contributed by atoms with Crippen LogP contribution in [0.4, 0.5) is 8.78 Å². The van der Waals surface area contributed by atoms with Crippen molar-refractivity contribution in [2.24, 2.45) is 0 Å². The highest BCUT2D eigenvalue weighted by atomic mass is 19.1. The van der Waals surface area contributed by atoms with Crippen molar-refractivity contribution < 1.29 is 28.2 Å². The van der Waals surface area contributed by atoms with Crippen LogP contribution in [-0.2, 0) is 6.42 Å². The molecule has 2 rings (SSSR count). The van der Waals surface area contributed by atoms with Gasteiger partial charge in [0.1, 0.15) is 22.9 Å². The van der Waals surface area contributed by atoms with E-state index in [-0.39, 0.29) is 6.54 Å². The number of phenolic OH excluding ortho intramolecular Hbond substituents is 1. The molecule has 2 aromatic carbocycles. The number of hydrogen-bond acceptors (Lipinski definition) is 4. The molecule has 0 atom stereocenters. The minimum absolute atomic E-state index is 0.267. The second-order valence-electron chi connectivity index (χ2n) is 5.33. The van der Waals surface area contributed by atoms with Crippen molar-refractivity contribution in [3.8, 4) is 17.2 Å². The van der Waals surface area contributed by atoms with Gasteiger partial charge in [0, 0.05) is 18.7 Å². The van der Waals surface area contributed by atoms with Gasteiger partial charge >= 0.3 is 0 Å². The topological polar surface area (TPSA) is 67.8 Å². The van der Waals surface area contributed by atoms with E-state index in [2.05, 4.69) is 5.32 Å². The minimum atomic E-state index is -1.10. The molecule has 134 valence electrons. The Hall–Kier alpha value is -2.83. The van der Waals surface area contributed by atoms with Gasteiger partial charge in [-0.15, -0.1) is 0 Å². The third-order valence-electron chi connectivity index (χ3n) is 3.64. The summed E-state index contributed by atoms with van der Waals surface area (Å²) in [6, 6.07) is 6.76. The lowest BCUT2D eigenvalue weighted by atomic mass is 10.1. The summed E-state index contributed by atoms with van der Waals surface area (Å²) in [5, 5.41) is 12.0. The zero-order valence-corrected chi connectivity index (χ0v) is 13.9. The lowest BCUT2D eigenvalue weighted by Crippen LogP contribution is -2.26. The molecular weight excluding hydrogens is 332 g/mol. The fourth-order valence-corrected chi connectivity index (χ4v) is 2.40. The number of carbonyl (C=O) groups is 1. The summed E-state index contributed by atoms with van der Waals surface area (Å²) < 4.78 is 36.9. The molecule has 0 aliphatic carbocycles. The molecule has 0 unspecified atom stereocenters.